The molecule has 0 bridgehead atoms. The minimum absolute atomic E-state index is 0.348. The number of nitriles is 2. The van der Waals surface area contributed by atoms with Gasteiger partial charge in [-0.05, 0) is 5.56 Å². The zero-order chi connectivity index (χ0) is 19.8. The summed E-state index contributed by atoms with van der Waals surface area (Å²) in [4.78, 5) is 11.8. The van der Waals surface area contributed by atoms with E-state index in [0.29, 0.717) is 46.4 Å². The molecular formula is C20H18N6OS. The molecule has 0 atom stereocenters. The van der Waals surface area contributed by atoms with Gasteiger partial charge >= 0.3 is 0 Å². The van der Waals surface area contributed by atoms with Crippen molar-refractivity contribution in [2.75, 3.05) is 25.6 Å². The van der Waals surface area contributed by atoms with Crippen molar-refractivity contribution >= 4 is 17.6 Å². The predicted molar refractivity (Wildman–Crippen MR) is 108 cm³/mol. The molecule has 0 aliphatic rings. The fraction of sp³-hybridized carbons (Fsp3) is 0.200. The largest absolute Gasteiger partial charge is 0.383 e. The molecule has 2 heterocycles. The fourth-order valence-electron chi connectivity index (χ4n) is 2.69. The van der Waals surface area contributed by atoms with Crippen LogP contribution in [0.2, 0.25) is 0 Å². The van der Waals surface area contributed by atoms with Crippen molar-refractivity contribution in [2.45, 2.75) is 10.8 Å². The Morgan fingerprint density at radius 2 is 1.96 bits per heavy atom. The second-order valence-corrected chi connectivity index (χ2v) is 6.69. The Hall–Kier alpha value is -3.33. The van der Waals surface area contributed by atoms with Gasteiger partial charge in [0.2, 0.25) is 0 Å². The van der Waals surface area contributed by atoms with Crippen LogP contribution in [-0.4, -0.2) is 35.2 Å². The molecule has 0 saturated heterocycles. The molecule has 0 unspecified atom stereocenters. The van der Waals surface area contributed by atoms with Gasteiger partial charge in [0.1, 0.15) is 34.4 Å². The lowest BCUT2D eigenvalue weighted by Crippen LogP contribution is -2.12. The molecular weight excluding hydrogens is 372 g/mol. The Labute approximate surface area is 167 Å². The molecule has 1 aromatic carbocycles. The molecule has 0 aliphatic heterocycles. The van der Waals surface area contributed by atoms with Crippen molar-refractivity contribution in [2.24, 2.45) is 0 Å². The number of rotatable bonds is 8. The Kier molecular flexibility index (Phi) is 6.64. The Bertz CT molecular complexity index is 1010. The highest BCUT2D eigenvalue weighted by molar-refractivity contribution is 7.98. The number of aromatic amines is 1. The summed E-state index contributed by atoms with van der Waals surface area (Å²) in [6.45, 7) is 0.975. The van der Waals surface area contributed by atoms with Gasteiger partial charge in [-0.1, -0.05) is 42.1 Å². The van der Waals surface area contributed by atoms with Crippen LogP contribution in [0.5, 0.6) is 0 Å². The van der Waals surface area contributed by atoms with Gasteiger partial charge in [0.05, 0.1) is 17.9 Å². The van der Waals surface area contributed by atoms with Crippen molar-refractivity contribution in [3.05, 3.63) is 59.7 Å². The van der Waals surface area contributed by atoms with E-state index in [-0.39, 0.29) is 0 Å². The van der Waals surface area contributed by atoms with Crippen LogP contribution in [0.4, 0.5) is 5.82 Å². The van der Waals surface area contributed by atoms with Gasteiger partial charge in [-0.15, -0.1) is 0 Å². The van der Waals surface area contributed by atoms with E-state index in [4.69, 9.17) is 4.74 Å². The summed E-state index contributed by atoms with van der Waals surface area (Å²) in [5, 5.41) is 23.4. The van der Waals surface area contributed by atoms with Gasteiger partial charge in [-0.2, -0.15) is 10.5 Å². The fourth-order valence-corrected chi connectivity index (χ4v) is 3.57. The first-order valence-electron chi connectivity index (χ1n) is 8.56. The molecule has 0 radical (unpaired) electrons. The molecule has 0 amide bonds. The summed E-state index contributed by atoms with van der Waals surface area (Å²) in [6.07, 6.45) is 3.43. The van der Waals surface area contributed by atoms with Crippen LogP contribution < -0.4 is 5.32 Å². The van der Waals surface area contributed by atoms with Gasteiger partial charge in [-0.3, -0.25) is 0 Å². The van der Waals surface area contributed by atoms with Crippen LogP contribution in [-0.2, 0) is 10.5 Å². The van der Waals surface area contributed by atoms with Gasteiger partial charge in [0, 0.05) is 31.6 Å². The van der Waals surface area contributed by atoms with E-state index in [1.54, 1.807) is 19.5 Å². The van der Waals surface area contributed by atoms with E-state index in [1.165, 1.54) is 11.8 Å². The lowest BCUT2D eigenvalue weighted by atomic mass is 9.97. The molecule has 3 rings (SSSR count). The van der Waals surface area contributed by atoms with Gasteiger partial charge in [0.15, 0.2) is 0 Å². The molecule has 3 aromatic rings. The third-order valence-corrected chi connectivity index (χ3v) is 4.94. The predicted octanol–water partition coefficient (Wildman–Crippen LogP) is 3.57. The first-order chi connectivity index (χ1) is 13.8. The quantitative estimate of drug-likeness (QED) is 0.447. The maximum Gasteiger partial charge on any atom is 0.146 e. The van der Waals surface area contributed by atoms with E-state index in [2.05, 4.69) is 32.4 Å². The third-order valence-electron chi connectivity index (χ3n) is 3.95. The number of ether oxygens (including phenoxy) is 1. The average Bonchev–Trinajstić information content (AvgIpc) is 3.26. The molecule has 0 saturated carbocycles. The molecule has 28 heavy (non-hydrogen) atoms. The van der Waals surface area contributed by atoms with Crippen LogP contribution in [0.25, 0.3) is 11.1 Å². The molecule has 140 valence electrons. The molecule has 7 nitrogen and oxygen atoms in total. The second kappa shape index (κ2) is 9.56. The number of pyridine rings is 1. The number of anilines is 1. The molecule has 0 aliphatic carbocycles. The Balaban J connectivity index is 2.11. The second-order valence-electron chi connectivity index (χ2n) is 5.72. The highest BCUT2D eigenvalue weighted by atomic mass is 32.2. The van der Waals surface area contributed by atoms with E-state index in [9.17, 15) is 10.5 Å². The third kappa shape index (κ3) is 4.32. The average molecular weight is 390 g/mol. The van der Waals surface area contributed by atoms with E-state index in [1.807, 2.05) is 30.3 Å². The zero-order valence-corrected chi connectivity index (χ0v) is 16.1. The smallest absolute Gasteiger partial charge is 0.146 e. The minimum Gasteiger partial charge on any atom is -0.383 e. The number of methoxy groups -OCH3 is 1. The number of thioether (sulfide) groups is 1. The van der Waals surface area contributed by atoms with E-state index < -0.39 is 0 Å². The monoisotopic (exact) mass is 390 g/mol. The van der Waals surface area contributed by atoms with Crippen molar-refractivity contribution in [1.82, 2.24) is 15.0 Å². The van der Waals surface area contributed by atoms with Crippen molar-refractivity contribution in [3.63, 3.8) is 0 Å². The number of nitrogens with zero attached hydrogens (tertiary/aromatic N) is 4. The topological polar surface area (TPSA) is 110 Å². The maximum absolute atomic E-state index is 9.87. The minimum atomic E-state index is 0.348. The molecule has 2 aromatic heterocycles. The highest BCUT2D eigenvalue weighted by Crippen LogP contribution is 2.37. The number of hydrogen-bond donors (Lipinski definition) is 2. The van der Waals surface area contributed by atoms with Crippen molar-refractivity contribution < 1.29 is 4.74 Å². The van der Waals surface area contributed by atoms with Crippen LogP contribution in [0.1, 0.15) is 17.0 Å². The Morgan fingerprint density at radius 1 is 1.18 bits per heavy atom. The van der Waals surface area contributed by atoms with E-state index >= 15 is 0 Å². The number of imidazole rings is 1. The van der Waals surface area contributed by atoms with Gasteiger partial charge < -0.3 is 15.0 Å². The molecule has 0 fully saturated rings. The standard InChI is InChI=1S/C20H18N6OS/c1-27-10-9-25-19-15(11-21)18(14-5-3-2-4-6-14)16(12-22)20(26-19)28-13-17-23-7-8-24-17/h2-8H,9-10,13H2,1H3,(H,23,24)(H,25,26). The Morgan fingerprint density at radius 3 is 2.61 bits per heavy atom. The maximum atomic E-state index is 9.87. The normalized spacial score (nSPS) is 10.2. The van der Waals surface area contributed by atoms with Crippen LogP contribution in [0.3, 0.4) is 0 Å². The zero-order valence-electron chi connectivity index (χ0n) is 15.3. The van der Waals surface area contributed by atoms with Crippen molar-refractivity contribution in [1.29, 1.82) is 10.5 Å². The number of aromatic nitrogens is 3. The molecule has 2 N–H and O–H groups in total. The summed E-state index contributed by atoms with van der Waals surface area (Å²) in [5.41, 5.74) is 2.12. The number of hydrogen-bond acceptors (Lipinski definition) is 7. The summed E-state index contributed by atoms with van der Waals surface area (Å²) in [7, 11) is 1.61. The van der Waals surface area contributed by atoms with Crippen LogP contribution in [0.15, 0.2) is 47.8 Å². The first-order valence-corrected chi connectivity index (χ1v) is 9.54. The van der Waals surface area contributed by atoms with Gasteiger partial charge in [0.25, 0.3) is 0 Å². The summed E-state index contributed by atoms with van der Waals surface area (Å²) < 4.78 is 5.08. The van der Waals surface area contributed by atoms with Crippen LogP contribution >= 0.6 is 11.8 Å². The van der Waals surface area contributed by atoms with Crippen molar-refractivity contribution in [3.8, 4) is 23.3 Å². The highest BCUT2D eigenvalue weighted by Gasteiger charge is 2.21. The van der Waals surface area contributed by atoms with Gasteiger partial charge in [-0.25, -0.2) is 9.97 Å². The number of benzene rings is 1. The van der Waals surface area contributed by atoms with E-state index in [0.717, 1.165) is 11.4 Å². The summed E-state index contributed by atoms with van der Waals surface area (Å²) >= 11 is 1.40. The number of nitrogens with one attached hydrogen (secondary N) is 2. The first kappa shape index (κ1) is 19.4. The van der Waals surface area contributed by atoms with Crippen LogP contribution in [0, 0.1) is 22.7 Å². The SMILES string of the molecule is COCCNc1nc(SCc2ncc[nH]2)c(C#N)c(-c2ccccc2)c1C#N. The lowest BCUT2D eigenvalue weighted by molar-refractivity contribution is 0.210. The number of H-pyrrole nitrogens is 1. The molecule has 0 spiro atoms. The lowest BCUT2D eigenvalue weighted by Gasteiger charge is -2.15. The summed E-state index contributed by atoms with van der Waals surface area (Å²) in [5.74, 6) is 1.77. The summed E-state index contributed by atoms with van der Waals surface area (Å²) in [6, 6.07) is 13.9. The molecule has 8 heteroatoms.